The monoisotopic (exact) mass is 261 g/mol. The van der Waals surface area contributed by atoms with Gasteiger partial charge in [0.2, 0.25) is 0 Å². The lowest BCUT2D eigenvalue weighted by Gasteiger charge is -2.26. The molecule has 0 N–H and O–H groups in total. The van der Waals surface area contributed by atoms with Crippen molar-refractivity contribution in [2.24, 2.45) is 4.99 Å². The van der Waals surface area contributed by atoms with Gasteiger partial charge >= 0.3 is 5.97 Å². The lowest BCUT2D eigenvalue weighted by molar-refractivity contribution is -0.143. The van der Waals surface area contributed by atoms with Crippen LogP contribution in [-0.4, -0.2) is 24.0 Å². The molecule has 1 aromatic carbocycles. The standard InChI is InChI=1S/C15H19NO3/c1-15(2)8-9-18-13(16-15)10-14(17)19-11-12-6-4-3-5-7-12/h3-7H,8-11H2,1-2H3. The number of carbonyl (C=O) groups excluding carboxylic acids is 1. The van der Waals surface area contributed by atoms with E-state index in [0.29, 0.717) is 12.5 Å². The molecule has 102 valence electrons. The van der Waals surface area contributed by atoms with Crippen LogP contribution < -0.4 is 0 Å². The van der Waals surface area contributed by atoms with Gasteiger partial charge in [0.15, 0.2) is 5.90 Å². The minimum absolute atomic E-state index is 0.107. The fourth-order valence-electron chi connectivity index (χ4n) is 1.85. The number of ether oxygens (including phenoxy) is 2. The van der Waals surface area contributed by atoms with E-state index in [-0.39, 0.29) is 24.5 Å². The fraction of sp³-hybridized carbons (Fsp3) is 0.467. The lowest BCUT2D eigenvalue weighted by Crippen LogP contribution is -2.30. The third-order valence-electron chi connectivity index (χ3n) is 2.95. The molecule has 0 unspecified atom stereocenters. The summed E-state index contributed by atoms with van der Waals surface area (Å²) in [4.78, 5) is 16.1. The highest BCUT2D eigenvalue weighted by Gasteiger charge is 2.24. The summed E-state index contributed by atoms with van der Waals surface area (Å²) in [7, 11) is 0. The zero-order valence-electron chi connectivity index (χ0n) is 11.4. The van der Waals surface area contributed by atoms with Crippen LogP contribution in [0.4, 0.5) is 0 Å². The minimum Gasteiger partial charge on any atom is -0.480 e. The minimum atomic E-state index is -0.305. The maximum atomic E-state index is 11.7. The highest BCUT2D eigenvalue weighted by atomic mass is 16.5. The number of aliphatic imine (C=N–C) groups is 1. The molecule has 0 saturated heterocycles. The quantitative estimate of drug-likeness (QED) is 0.783. The number of esters is 1. The molecule has 19 heavy (non-hydrogen) atoms. The summed E-state index contributed by atoms with van der Waals surface area (Å²) >= 11 is 0. The normalized spacial score (nSPS) is 17.3. The zero-order valence-corrected chi connectivity index (χ0v) is 11.4. The van der Waals surface area contributed by atoms with Crippen LogP contribution in [0, 0.1) is 0 Å². The number of benzene rings is 1. The van der Waals surface area contributed by atoms with Crippen LogP contribution in [0.2, 0.25) is 0 Å². The van der Waals surface area contributed by atoms with Crippen LogP contribution >= 0.6 is 0 Å². The van der Waals surface area contributed by atoms with E-state index in [1.54, 1.807) is 0 Å². The number of hydrogen-bond donors (Lipinski definition) is 0. The van der Waals surface area contributed by atoms with Crippen molar-refractivity contribution in [2.45, 2.75) is 38.8 Å². The maximum Gasteiger partial charge on any atom is 0.315 e. The van der Waals surface area contributed by atoms with Crippen molar-refractivity contribution in [1.82, 2.24) is 0 Å². The van der Waals surface area contributed by atoms with Gasteiger partial charge in [-0.3, -0.25) is 4.79 Å². The van der Waals surface area contributed by atoms with Crippen molar-refractivity contribution in [2.75, 3.05) is 6.61 Å². The van der Waals surface area contributed by atoms with E-state index in [1.165, 1.54) is 0 Å². The Kier molecular flexibility index (Phi) is 4.20. The van der Waals surface area contributed by atoms with Gasteiger partial charge < -0.3 is 9.47 Å². The molecular weight excluding hydrogens is 242 g/mol. The van der Waals surface area contributed by atoms with E-state index >= 15 is 0 Å². The van der Waals surface area contributed by atoms with Crippen LogP contribution in [-0.2, 0) is 20.9 Å². The fourth-order valence-corrected chi connectivity index (χ4v) is 1.85. The average molecular weight is 261 g/mol. The van der Waals surface area contributed by atoms with Gasteiger partial charge in [0.25, 0.3) is 0 Å². The van der Waals surface area contributed by atoms with E-state index in [1.807, 2.05) is 44.2 Å². The molecule has 0 bridgehead atoms. The van der Waals surface area contributed by atoms with Gasteiger partial charge in [0.1, 0.15) is 13.0 Å². The summed E-state index contributed by atoms with van der Waals surface area (Å²) in [6.07, 6.45) is 0.978. The predicted octanol–water partition coefficient (Wildman–Crippen LogP) is 2.72. The molecule has 0 aromatic heterocycles. The average Bonchev–Trinajstić information content (AvgIpc) is 2.36. The topological polar surface area (TPSA) is 47.9 Å². The van der Waals surface area contributed by atoms with E-state index in [0.717, 1.165) is 12.0 Å². The van der Waals surface area contributed by atoms with Crippen molar-refractivity contribution in [3.05, 3.63) is 35.9 Å². The summed E-state index contributed by atoms with van der Waals surface area (Å²) in [6, 6.07) is 9.61. The molecule has 4 heteroatoms. The third kappa shape index (κ3) is 4.39. The molecular formula is C15H19NO3. The van der Waals surface area contributed by atoms with Crippen molar-refractivity contribution in [3.8, 4) is 0 Å². The Morgan fingerprint density at radius 2 is 2.11 bits per heavy atom. The Bertz CT molecular complexity index is 466. The first-order valence-electron chi connectivity index (χ1n) is 6.46. The summed E-state index contributed by atoms with van der Waals surface area (Å²) in [5.41, 5.74) is 0.829. The van der Waals surface area contributed by atoms with Gasteiger partial charge in [-0.1, -0.05) is 30.3 Å². The Labute approximate surface area is 113 Å². The van der Waals surface area contributed by atoms with Crippen LogP contribution in [0.3, 0.4) is 0 Å². The summed E-state index contributed by atoms with van der Waals surface area (Å²) < 4.78 is 10.6. The van der Waals surface area contributed by atoms with Gasteiger partial charge in [-0.25, -0.2) is 4.99 Å². The van der Waals surface area contributed by atoms with Crippen molar-refractivity contribution in [1.29, 1.82) is 0 Å². The number of rotatable bonds is 4. The van der Waals surface area contributed by atoms with E-state index in [4.69, 9.17) is 9.47 Å². The maximum absolute atomic E-state index is 11.7. The molecule has 4 nitrogen and oxygen atoms in total. The Hall–Kier alpha value is -1.84. The van der Waals surface area contributed by atoms with Crippen LogP contribution in [0.5, 0.6) is 0 Å². The first kappa shape index (κ1) is 13.6. The first-order chi connectivity index (χ1) is 9.05. The van der Waals surface area contributed by atoms with Crippen molar-refractivity contribution in [3.63, 3.8) is 0 Å². The number of nitrogens with zero attached hydrogens (tertiary/aromatic N) is 1. The summed E-state index contributed by atoms with van der Waals surface area (Å²) in [5, 5.41) is 0. The largest absolute Gasteiger partial charge is 0.480 e. The first-order valence-corrected chi connectivity index (χ1v) is 6.46. The SMILES string of the molecule is CC1(C)CCOC(CC(=O)OCc2ccccc2)=N1. The van der Waals surface area contributed by atoms with Crippen LogP contribution in [0.25, 0.3) is 0 Å². The van der Waals surface area contributed by atoms with Gasteiger partial charge in [-0.2, -0.15) is 0 Å². The molecule has 2 rings (SSSR count). The Balaban J connectivity index is 1.83. The Morgan fingerprint density at radius 3 is 2.79 bits per heavy atom. The molecule has 0 atom stereocenters. The van der Waals surface area contributed by atoms with Crippen molar-refractivity contribution >= 4 is 11.9 Å². The smallest absolute Gasteiger partial charge is 0.315 e. The Morgan fingerprint density at radius 1 is 1.37 bits per heavy atom. The second-order valence-electron chi connectivity index (χ2n) is 5.24. The van der Waals surface area contributed by atoms with Gasteiger partial charge in [-0.15, -0.1) is 0 Å². The van der Waals surface area contributed by atoms with E-state index < -0.39 is 0 Å². The van der Waals surface area contributed by atoms with Crippen molar-refractivity contribution < 1.29 is 14.3 Å². The van der Waals surface area contributed by atoms with E-state index in [9.17, 15) is 4.79 Å². The van der Waals surface area contributed by atoms with Crippen LogP contribution in [0.15, 0.2) is 35.3 Å². The van der Waals surface area contributed by atoms with Gasteiger partial charge in [-0.05, 0) is 19.4 Å². The summed E-state index contributed by atoms with van der Waals surface area (Å²) in [5.74, 6) is 0.176. The second kappa shape index (κ2) is 5.87. The van der Waals surface area contributed by atoms with Crippen LogP contribution in [0.1, 0.15) is 32.3 Å². The lowest BCUT2D eigenvalue weighted by atomic mass is 10.0. The van der Waals surface area contributed by atoms with Gasteiger partial charge in [0.05, 0.1) is 12.1 Å². The highest BCUT2D eigenvalue weighted by molar-refractivity contribution is 5.94. The van der Waals surface area contributed by atoms with Gasteiger partial charge in [0, 0.05) is 6.42 Å². The molecule has 0 spiro atoms. The molecule has 1 heterocycles. The second-order valence-corrected chi connectivity index (χ2v) is 5.24. The highest BCUT2D eigenvalue weighted by Crippen LogP contribution is 2.20. The molecule has 0 aliphatic carbocycles. The molecule has 0 amide bonds. The predicted molar refractivity (Wildman–Crippen MR) is 72.9 cm³/mol. The van der Waals surface area contributed by atoms with E-state index in [2.05, 4.69) is 4.99 Å². The number of carbonyl (C=O) groups is 1. The molecule has 0 radical (unpaired) electrons. The molecule has 1 aromatic rings. The molecule has 0 fully saturated rings. The summed E-state index contributed by atoms with van der Waals surface area (Å²) in [6.45, 7) is 4.96. The molecule has 1 aliphatic rings. The zero-order chi connectivity index (χ0) is 13.7. The number of hydrogen-bond acceptors (Lipinski definition) is 4. The third-order valence-corrected chi connectivity index (χ3v) is 2.95. The molecule has 0 saturated carbocycles. The molecule has 1 aliphatic heterocycles.